The number of halogens is 1. The lowest BCUT2D eigenvalue weighted by Gasteiger charge is -2.18. The molecule has 0 fully saturated rings. The first-order valence-corrected chi connectivity index (χ1v) is 11.2. The number of para-hydroxylation sites is 1. The zero-order valence-electron chi connectivity index (χ0n) is 15.9. The van der Waals surface area contributed by atoms with E-state index in [2.05, 4.69) is 15.2 Å². The van der Waals surface area contributed by atoms with Crippen molar-refractivity contribution in [1.82, 2.24) is 15.2 Å². The molecule has 0 spiro atoms. The predicted octanol–water partition coefficient (Wildman–Crippen LogP) is 4.77. The van der Waals surface area contributed by atoms with E-state index in [4.69, 9.17) is 20.8 Å². The van der Waals surface area contributed by atoms with Crippen LogP contribution in [0.3, 0.4) is 0 Å². The Bertz CT molecular complexity index is 1110. The molecule has 7 nitrogen and oxygen atoms in total. The van der Waals surface area contributed by atoms with E-state index < -0.39 is 0 Å². The molecule has 0 aliphatic carbocycles. The highest BCUT2D eigenvalue weighted by atomic mass is 35.5. The van der Waals surface area contributed by atoms with Crippen LogP contribution in [-0.4, -0.2) is 47.1 Å². The van der Waals surface area contributed by atoms with Crippen LogP contribution in [-0.2, 0) is 9.53 Å². The zero-order chi connectivity index (χ0) is 20.9. The summed E-state index contributed by atoms with van der Waals surface area (Å²) in [4.78, 5) is 19.2. The summed E-state index contributed by atoms with van der Waals surface area (Å²) in [7, 11) is 1.60. The fourth-order valence-corrected chi connectivity index (χ4v) is 4.44. The van der Waals surface area contributed by atoms with Gasteiger partial charge in [-0.05, 0) is 36.4 Å². The average Bonchev–Trinajstić information content (AvgIpc) is 3.40. The number of ether oxygens (including phenoxy) is 1. The third-order valence-corrected chi connectivity index (χ3v) is 6.26. The van der Waals surface area contributed by atoms with Crippen molar-refractivity contribution in [2.24, 2.45) is 0 Å². The number of thiazole rings is 1. The topological polar surface area (TPSA) is 81.4 Å². The molecule has 0 unspecified atom stereocenters. The Labute approximate surface area is 186 Å². The van der Waals surface area contributed by atoms with Crippen molar-refractivity contribution in [2.45, 2.75) is 5.22 Å². The maximum Gasteiger partial charge on any atom is 0.277 e. The molecule has 0 N–H and O–H groups in total. The molecular weight excluding hydrogens is 444 g/mol. The van der Waals surface area contributed by atoms with Crippen LogP contribution in [0, 0.1) is 0 Å². The van der Waals surface area contributed by atoms with Crippen LogP contribution in [0.15, 0.2) is 58.2 Å². The molecule has 30 heavy (non-hydrogen) atoms. The van der Waals surface area contributed by atoms with Crippen LogP contribution in [0.25, 0.3) is 21.7 Å². The number of hydrogen-bond acceptors (Lipinski definition) is 8. The molecule has 0 bridgehead atoms. The van der Waals surface area contributed by atoms with Crippen LogP contribution < -0.4 is 4.90 Å². The summed E-state index contributed by atoms with van der Waals surface area (Å²) in [6, 6.07) is 14.9. The summed E-state index contributed by atoms with van der Waals surface area (Å²) < 4.78 is 11.9. The second-order valence-corrected chi connectivity index (χ2v) is 8.54. The van der Waals surface area contributed by atoms with Crippen molar-refractivity contribution < 1.29 is 13.9 Å². The van der Waals surface area contributed by atoms with Gasteiger partial charge in [-0.3, -0.25) is 9.69 Å². The Morgan fingerprint density at radius 2 is 2.00 bits per heavy atom. The molecule has 154 valence electrons. The van der Waals surface area contributed by atoms with Gasteiger partial charge in [0.15, 0.2) is 5.13 Å². The van der Waals surface area contributed by atoms with E-state index in [0.717, 1.165) is 15.8 Å². The minimum atomic E-state index is -0.109. The number of hydrogen-bond donors (Lipinski definition) is 0. The fourth-order valence-electron chi connectivity index (χ4n) is 2.66. The molecule has 0 saturated carbocycles. The molecule has 0 aliphatic rings. The maximum atomic E-state index is 12.9. The highest BCUT2D eigenvalue weighted by Crippen LogP contribution is 2.30. The van der Waals surface area contributed by atoms with Gasteiger partial charge in [0.2, 0.25) is 11.8 Å². The van der Waals surface area contributed by atoms with Gasteiger partial charge in [-0.1, -0.05) is 46.8 Å². The Hall–Kier alpha value is -2.46. The SMILES string of the molecule is COCCN(C(=O)CSc1nnc(-c2ccc(Cl)cc2)o1)c1nc2ccccc2s1. The molecule has 0 atom stereocenters. The molecule has 4 rings (SSSR count). The normalized spacial score (nSPS) is 11.1. The van der Waals surface area contributed by atoms with Gasteiger partial charge in [-0.25, -0.2) is 4.98 Å². The largest absolute Gasteiger partial charge is 0.411 e. The smallest absolute Gasteiger partial charge is 0.277 e. The van der Waals surface area contributed by atoms with Crippen molar-refractivity contribution >= 4 is 56.0 Å². The molecule has 2 aromatic heterocycles. The lowest BCUT2D eigenvalue weighted by atomic mass is 10.2. The van der Waals surface area contributed by atoms with E-state index in [0.29, 0.717) is 34.4 Å². The quantitative estimate of drug-likeness (QED) is 0.350. The van der Waals surface area contributed by atoms with E-state index >= 15 is 0 Å². The molecule has 0 radical (unpaired) electrons. The second-order valence-electron chi connectivity index (χ2n) is 6.17. The summed E-state index contributed by atoms with van der Waals surface area (Å²) >= 11 is 8.57. The van der Waals surface area contributed by atoms with E-state index in [9.17, 15) is 4.79 Å². The number of amides is 1. The first-order chi connectivity index (χ1) is 14.6. The first-order valence-electron chi connectivity index (χ1n) is 9.01. The molecule has 10 heteroatoms. The summed E-state index contributed by atoms with van der Waals surface area (Å²) in [5.41, 5.74) is 1.63. The third-order valence-electron chi connectivity index (χ3n) is 4.15. The van der Waals surface area contributed by atoms with Gasteiger partial charge in [0.05, 0.1) is 29.1 Å². The number of benzene rings is 2. The number of carbonyl (C=O) groups is 1. The number of fused-ring (bicyclic) bond motifs is 1. The summed E-state index contributed by atoms with van der Waals surface area (Å²) in [5, 5.41) is 9.66. The predicted molar refractivity (Wildman–Crippen MR) is 119 cm³/mol. The van der Waals surface area contributed by atoms with E-state index in [1.165, 1.54) is 23.1 Å². The number of anilines is 1. The van der Waals surface area contributed by atoms with Crippen LogP contribution >= 0.6 is 34.7 Å². The van der Waals surface area contributed by atoms with E-state index in [-0.39, 0.29) is 11.7 Å². The van der Waals surface area contributed by atoms with Gasteiger partial charge < -0.3 is 9.15 Å². The van der Waals surface area contributed by atoms with Crippen LogP contribution in [0.1, 0.15) is 0 Å². The minimum Gasteiger partial charge on any atom is -0.411 e. The standard InChI is InChI=1S/C20H17ClN4O3S2/c1-27-11-10-25(19-22-15-4-2-3-5-16(15)30-19)17(26)12-29-20-24-23-18(28-20)13-6-8-14(21)9-7-13/h2-9H,10-12H2,1H3. The number of methoxy groups -OCH3 is 1. The van der Waals surface area contributed by atoms with Gasteiger partial charge in [0, 0.05) is 17.7 Å². The highest BCUT2D eigenvalue weighted by Gasteiger charge is 2.21. The van der Waals surface area contributed by atoms with Gasteiger partial charge in [0.25, 0.3) is 5.22 Å². The van der Waals surface area contributed by atoms with Crippen molar-refractivity contribution in [3.05, 3.63) is 53.6 Å². The Balaban J connectivity index is 1.45. The molecule has 4 aromatic rings. The van der Waals surface area contributed by atoms with Crippen LogP contribution in [0.5, 0.6) is 0 Å². The van der Waals surface area contributed by atoms with Crippen molar-refractivity contribution in [2.75, 3.05) is 30.9 Å². The molecule has 0 aliphatic heterocycles. The maximum absolute atomic E-state index is 12.9. The van der Waals surface area contributed by atoms with Gasteiger partial charge in [-0.2, -0.15) is 0 Å². The number of aromatic nitrogens is 3. The zero-order valence-corrected chi connectivity index (χ0v) is 18.3. The highest BCUT2D eigenvalue weighted by molar-refractivity contribution is 7.99. The minimum absolute atomic E-state index is 0.109. The summed E-state index contributed by atoms with van der Waals surface area (Å²) in [6.45, 7) is 0.823. The van der Waals surface area contributed by atoms with E-state index in [1.807, 2.05) is 24.3 Å². The number of carbonyl (C=O) groups excluding carboxylic acids is 1. The summed E-state index contributed by atoms with van der Waals surface area (Å²) in [5.74, 6) is 0.411. The Morgan fingerprint density at radius 1 is 1.20 bits per heavy atom. The van der Waals surface area contributed by atoms with Gasteiger partial charge >= 0.3 is 0 Å². The first kappa shape index (κ1) is 20.8. The lowest BCUT2D eigenvalue weighted by molar-refractivity contribution is -0.116. The van der Waals surface area contributed by atoms with Crippen LogP contribution in [0.4, 0.5) is 5.13 Å². The molecule has 0 saturated heterocycles. The van der Waals surface area contributed by atoms with Gasteiger partial charge in [0.1, 0.15) is 0 Å². The summed E-state index contributed by atoms with van der Waals surface area (Å²) in [6.07, 6.45) is 0. The number of nitrogens with zero attached hydrogens (tertiary/aromatic N) is 4. The molecular formula is C20H17ClN4O3S2. The Morgan fingerprint density at radius 3 is 2.77 bits per heavy atom. The molecule has 2 heterocycles. The molecule has 1 amide bonds. The number of thioether (sulfide) groups is 1. The number of rotatable bonds is 8. The van der Waals surface area contributed by atoms with Gasteiger partial charge in [-0.15, -0.1) is 10.2 Å². The fraction of sp³-hybridized carbons (Fsp3) is 0.200. The van der Waals surface area contributed by atoms with Crippen molar-refractivity contribution in [1.29, 1.82) is 0 Å². The average molecular weight is 461 g/mol. The van der Waals surface area contributed by atoms with Crippen molar-refractivity contribution in [3.8, 4) is 11.5 Å². The monoisotopic (exact) mass is 460 g/mol. The second kappa shape index (κ2) is 9.57. The van der Waals surface area contributed by atoms with E-state index in [1.54, 1.807) is 36.3 Å². The third kappa shape index (κ3) is 4.81. The van der Waals surface area contributed by atoms with Crippen LogP contribution in [0.2, 0.25) is 5.02 Å². The lowest BCUT2D eigenvalue weighted by Crippen LogP contribution is -2.35. The Kier molecular flexibility index (Phi) is 6.63. The van der Waals surface area contributed by atoms with Crippen molar-refractivity contribution in [3.63, 3.8) is 0 Å². The molecule has 2 aromatic carbocycles.